The lowest BCUT2D eigenvalue weighted by atomic mass is 10.1. The van der Waals surface area contributed by atoms with Gasteiger partial charge in [0.1, 0.15) is 23.3 Å². The number of aromatic nitrogens is 2. The summed E-state index contributed by atoms with van der Waals surface area (Å²) in [5.74, 6) is -1.83. The second-order valence-electron chi connectivity index (χ2n) is 4.42. The van der Waals surface area contributed by atoms with E-state index in [2.05, 4.69) is 25.9 Å². The van der Waals surface area contributed by atoms with E-state index >= 15 is 0 Å². The standard InChI is InChI=1S/C14H8BrF3N2/c1-6-2-3-8(16)12(13(6)18)14-19-10-4-7(15)9(17)5-11(10)20-14/h2-5H,1H3,(H,19,20). The maximum absolute atomic E-state index is 14.1. The Bertz CT molecular complexity index is 788. The van der Waals surface area contributed by atoms with Gasteiger partial charge in [-0.05, 0) is 40.5 Å². The predicted octanol–water partition coefficient (Wildman–Crippen LogP) is 4.72. The molecule has 20 heavy (non-hydrogen) atoms. The molecule has 0 saturated carbocycles. The Morgan fingerprint density at radius 3 is 2.60 bits per heavy atom. The van der Waals surface area contributed by atoms with Crippen LogP contribution in [0.1, 0.15) is 5.56 Å². The van der Waals surface area contributed by atoms with E-state index in [4.69, 9.17) is 0 Å². The minimum absolute atomic E-state index is 0.0381. The first-order chi connectivity index (χ1) is 9.47. The van der Waals surface area contributed by atoms with Gasteiger partial charge in [0.2, 0.25) is 0 Å². The number of benzene rings is 2. The topological polar surface area (TPSA) is 28.7 Å². The van der Waals surface area contributed by atoms with Gasteiger partial charge < -0.3 is 4.98 Å². The van der Waals surface area contributed by atoms with Gasteiger partial charge in [-0.3, -0.25) is 0 Å². The fourth-order valence-electron chi connectivity index (χ4n) is 2.00. The van der Waals surface area contributed by atoms with Gasteiger partial charge in [0.25, 0.3) is 0 Å². The van der Waals surface area contributed by atoms with E-state index in [1.54, 1.807) is 0 Å². The summed E-state index contributed by atoms with van der Waals surface area (Å²) in [5.41, 5.74) is 0.876. The highest BCUT2D eigenvalue weighted by Crippen LogP contribution is 2.29. The lowest BCUT2D eigenvalue weighted by Crippen LogP contribution is -1.94. The van der Waals surface area contributed by atoms with Gasteiger partial charge in [-0.2, -0.15) is 0 Å². The van der Waals surface area contributed by atoms with E-state index in [9.17, 15) is 13.2 Å². The molecule has 6 heteroatoms. The summed E-state index contributed by atoms with van der Waals surface area (Å²) in [6.07, 6.45) is 0. The third-order valence-corrected chi connectivity index (χ3v) is 3.65. The maximum atomic E-state index is 14.1. The largest absolute Gasteiger partial charge is 0.338 e. The van der Waals surface area contributed by atoms with E-state index < -0.39 is 17.5 Å². The molecule has 0 aliphatic heterocycles. The number of H-pyrrole nitrogens is 1. The highest BCUT2D eigenvalue weighted by molar-refractivity contribution is 9.10. The molecule has 0 radical (unpaired) electrons. The Balaban J connectivity index is 2.28. The van der Waals surface area contributed by atoms with Crippen molar-refractivity contribution >= 4 is 27.0 Å². The second-order valence-corrected chi connectivity index (χ2v) is 5.28. The molecular formula is C14H8BrF3N2. The lowest BCUT2D eigenvalue weighted by molar-refractivity contribution is 0.582. The quantitative estimate of drug-likeness (QED) is 0.682. The second kappa shape index (κ2) is 4.63. The summed E-state index contributed by atoms with van der Waals surface area (Å²) in [6, 6.07) is 5.21. The van der Waals surface area contributed by atoms with E-state index in [1.165, 1.54) is 31.2 Å². The summed E-state index contributed by atoms with van der Waals surface area (Å²) >= 11 is 3.05. The highest BCUT2D eigenvalue weighted by atomic mass is 79.9. The smallest absolute Gasteiger partial charge is 0.144 e. The van der Waals surface area contributed by atoms with E-state index in [0.29, 0.717) is 16.6 Å². The van der Waals surface area contributed by atoms with Crippen LogP contribution in [0.4, 0.5) is 13.2 Å². The van der Waals surface area contributed by atoms with Crippen LogP contribution >= 0.6 is 15.9 Å². The van der Waals surface area contributed by atoms with Crippen LogP contribution in [-0.4, -0.2) is 9.97 Å². The summed E-state index contributed by atoms with van der Waals surface area (Å²) in [6.45, 7) is 1.54. The fourth-order valence-corrected chi connectivity index (χ4v) is 2.33. The van der Waals surface area contributed by atoms with Crippen LogP contribution in [0.2, 0.25) is 0 Å². The number of fused-ring (bicyclic) bond motifs is 1. The minimum Gasteiger partial charge on any atom is -0.338 e. The summed E-state index contributed by atoms with van der Waals surface area (Å²) in [5, 5.41) is 0. The minimum atomic E-state index is -0.716. The molecule has 2 nitrogen and oxygen atoms in total. The molecule has 1 N–H and O–H groups in total. The van der Waals surface area contributed by atoms with E-state index in [0.717, 1.165) is 0 Å². The van der Waals surface area contributed by atoms with Crippen molar-refractivity contribution in [3.05, 3.63) is 51.8 Å². The monoisotopic (exact) mass is 340 g/mol. The van der Waals surface area contributed by atoms with Gasteiger partial charge in [-0.15, -0.1) is 0 Å². The van der Waals surface area contributed by atoms with Crippen LogP contribution in [0, 0.1) is 24.4 Å². The number of nitrogens with one attached hydrogen (secondary N) is 1. The Labute approximate surface area is 120 Å². The normalized spacial score (nSPS) is 11.2. The maximum Gasteiger partial charge on any atom is 0.144 e. The average Bonchev–Trinajstić information content (AvgIpc) is 2.77. The number of aromatic amines is 1. The number of hydrogen-bond donors (Lipinski definition) is 1. The number of aryl methyl sites for hydroxylation is 1. The molecule has 0 bridgehead atoms. The molecule has 0 aliphatic carbocycles. The van der Waals surface area contributed by atoms with Crippen molar-refractivity contribution in [1.29, 1.82) is 0 Å². The zero-order valence-corrected chi connectivity index (χ0v) is 11.9. The van der Waals surface area contributed by atoms with Crippen LogP contribution in [0.3, 0.4) is 0 Å². The van der Waals surface area contributed by atoms with Crippen LogP contribution < -0.4 is 0 Å². The first kappa shape index (κ1) is 13.2. The molecule has 2 aromatic carbocycles. The van der Waals surface area contributed by atoms with Crippen molar-refractivity contribution in [1.82, 2.24) is 9.97 Å². The van der Waals surface area contributed by atoms with Crippen molar-refractivity contribution in [2.24, 2.45) is 0 Å². The molecule has 0 aliphatic rings. The molecular weight excluding hydrogens is 333 g/mol. The Hall–Kier alpha value is -1.82. The van der Waals surface area contributed by atoms with E-state index in [1.807, 2.05) is 0 Å². The molecule has 0 unspecified atom stereocenters. The van der Waals surface area contributed by atoms with Crippen molar-refractivity contribution in [2.75, 3.05) is 0 Å². The van der Waals surface area contributed by atoms with Gasteiger partial charge in [-0.1, -0.05) is 6.07 Å². The molecule has 0 amide bonds. The highest BCUT2D eigenvalue weighted by Gasteiger charge is 2.17. The number of halogens is 4. The van der Waals surface area contributed by atoms with E-state index in [-0.39, 0.29) is 15.9 Å². The Morgan fingerprint density at radius 2 is 1.85 bits per heavy atom. The summed E-state index contributed by atoms with van der Waals surface area (Å²) in [4.78, 5) is 6.85. The van der Waals surface area contributed by atoms with Crippen LogP contribution in [0.25, 0.3) is 22.4 Å². The molecule has 1 aromatic heterocycles. The van der Waals surface area contributed by atoms with Crippen LogP contribution in [0.15, 0.2) is 28.7 Å². The fraction of sp³-hybridized carbons (Fsp3) is 0.0714. The third kappa shape index (κ3) is 2.00. The lowest BCUT2D eigenvalue weighted by Gasteiger charge is -2.03. The van der Waals surface area contributed by atoms with Crippen molar-refractivity contribution < 1.29 is 13.2 Å². The van der Waals surface area contributed by atoms with Crippen LogP contribution in [-0.2, 0) is 0 Å². The molecule has 102 valence electrons. The van der Waals surface area contributed by atoms with Crippen molar-refractivity contribution in [2.45, 2.75) is 6.92 Å². The number of nitrogens with zero attached hydrogens (tertiary/aromatic N) is 1. The molecule has 0 fully saturated rings. The first-order valence-electron chi connectivity index (χ1n) is 5.77. The van der Waals surface area contributed by atoms with Crippen LogP contribution in [0.5, 0.6) is 0 Å². The summed E-state index contributed by atoms with van der Waals surface area (Å²) < 4.78 is 41.6. The molecule has 3 rings (SSSR count). The molecule has 0 saturated heterocycles. The zero-order chi connectivity index (χ0) is 14.4. The van der Waals surface area contributed by atoms with Gasteiger partial charge in [0.05, 0.1) is 21.1 Å². The SMILES string of the molecule is Cc1ccc(F)c(-c2nc3cc(Br)c(F)cc3[nH]2)c1F. The third-order valence-electron chi connectivity index (χ3n) is 3.04. The van der Waals surface area contributed by atoms with Crippen molar-refractivity contribution in [3.63, 3.8) is 0 Å². The summed E-state index contributed by atoms with van der Waals surface area (Å²) in [7, 11) is 0. The molecule has 3 aromatic rings. The van der Waals surface area contributed by atoms with Gasteiger partial charge >= 0.3 is 0 Å². The number of hydrogen-bond acceptors (Lipinski definition) is 1. The Kier molecular flexibility index (Phi) is 3.05. The number of imidazole rings is 1. The molecule has 0 atom stereocenters. The number of rotatable bonds is 1. The molecule has 1 heterocycles. The zero-order valence-electron chi connectivity index (χ0n) is 10.3. The molecule has 0 spiro atoms. The Morgan fingerprint density at radius 1 is 1.10 bits per heavy atom. The average molecular weight is 341 g/mol. The van der Waals surface area contributed by atoms with Gasteiger partial charge in [0.15, 0.2) is 0 Å². The predicted molar refractivity (Wildman–Crippen MR) is 73.8 cm³/mol. The first-order valence-corrected chi connectivity index (χ1v) is 6.56. The van der Waals surface area contributed by atoms with Gasteiger partial charge in [0, 0.05) is 6.07 Å². The van der Waals surface area contributed by atoms with Gasteiger partial charge in [-0.25, -0.2) is 18.2 Å². The van der Waals surface area contributed by atoms with Crippen molar-refractivity contribution in [3.8, 4) is 11.4 Å².